The van der Waals surface area contributed by atoms with E-state index in [9.17, 15) is 19.5 Å². The van der Waals surface area contributed by atoms with E-state index in [-0.39, 0.29) is 23.7 Å². The van der Waals surface area contributed by atoms with Gasteiger partial charge in [-0.05, 0) is 73.9 Å². The lowest BCUT2D eigenvalue weighted by Gasteiger charge is -2.27. The molecular weight excluding hydrogens is 510 g/mol. The molecule has 0 saturated heterocycles. The highest BCUT2D eigenvalue weighted by Gasteiger charge is 2.20. The number of nitrogens with one attached hydrogen (secondary N) is 2. The lowest BCUT2D eigenvalue weighted by atomic mass is 10.0. The summed E-state index contributed by atoms with van der Waals surface area (Å²) in [5.41, 5.74) is 2.96. The van der Waals surface area contributed by atoms with Gasteiger partial charge < -0.3 is 30.1 Å². The fourth-order valence-electron chi connectivity index (χ4n) is 4.60. The van der Waals surface area contributed by atoms with E-state index in [1.165, 1.54) is 6.07 Å². The van der Waals surface area contributed by atoms with Crippen molar-refractivity contribution >= 4 is 34.8 Å². The normalized spacial score (nSPS) is 13.7. The van der Waals surface area contributed by atoms with E-state index in [4.69, 9.17) is 9.47 Å². The Kier molecular flexibility index (Phi) is 7.82. The van der Waals surface area contributed by atoms with Gasteiger partial charge >= 0.3 is 5.97 Å². The van der Waals surface area contributed by atoms with Gasteiger partial charge in [0, 0.05) is 28.3 Å². The maximum atomic E-state index is 13.3. The van der Waals surface area contributed by atoms with Gasteiger partial charge in [0.2, 0.25) is 5.91 Å². The summed E-state index contributed by atoms with van der Waals surface area (Å²) < 4.78 is 11.1. The molecule has 0 unspecified atom stereocenters. The van der Waals surface area contributed by atoms with E-state index in [1.807, 2.05) is 41.3 Å². The Morgan fingerprint density at radius 1 is 0.925 bits per heavy atom. The number of benzene rings is 3. The molecule has 9 heteroatoms. The van der Waals surface area contributed by atoms with Gasteiger partial charge in [0.25, 0.3) is 5.91 Å². The van der Waals surface area contributed by atoms with Crippen molar-refractivity contribution in [1.29, 1.82) is 0 Å². The molecule has 3 aromatic carbocycles. The fourth-order valence-corrected chi connectivity index (χ4v) is 4.60. The summed E-state index contributed by atoms with van der Waals surface area (Å²) in [5.74, 6) is -0.945. The average molecular weight is 540 g/mol. The number of carbonyl (C=O) groups excluding carboxylic acids is 2. The largest absolute Gasteiger partial charge is 0.486 e. The number of aromatic carboxylic acids is 1. The lowest BCUT2D eigenvalue weighted by molar-refractivity contribution is -0.114. The van der Waals surface area contributed by atoms with Gasteiger partial charge in [0.05, 0.1) is 5.56 Å². The number of amides is 2. The standard InChI is InChI=1S/C31H29N3O6/c1-20-25(31(37)38)17-22(32-30(36)21-12-13-27-28(16-21)40-15-14-39-27)18-26(20)33-29(35)19-34(23-8-4-2-5-9-23)24-10-6-3-7-11-24/h2,4-6,8-13,16-18H,3,7,14-15,19H2,1H3,(H,32,36)(H,33,35)(H,37,38). The maximum absolute atomic E-state index is 13.3. The molecule has 0 fully saturated rings. The Labute approximate surface area is 231 Å². The van der Waals surface area contributed by atoms with Crippen LogP contribution in [-0.4, -0.2) is 42.6 Å². The maximum Gasteiger partial charge on any atom is 0.336 e. The molecule has 0 radical (unpaired) electrons. The molecule has 3 N–H and O–H groups in total. The first-order chi connectivity index (χ1) is 19.4. The average Bonchev–Trinajstić information content (AvgIpc) is 2.98. The molecule has 1 aliphatic heterocycles. The van der Waals surface area contributed by atoms with Crippen molar-refractivity contribution in [1.82, 2.24) is 0 Å². The minimum atomic E-state index is -1.17. The fraction of sp³-hybridized carbons (Fsp3) is 0.194. The monoisotopic (exact) mass is 539 g/mol. The van der Waals surface area contributed by atoms with Crippen LogP contribution in [-0.2, 0) is 4.79 Å². The first-order valence-corrected chi connectivity index (χ1v) is 13.0. The van der Waals surface area contributed by atoms with E-state index in [1.54, 1.807) is 31.2 Å². The van der Waals surface area contributed by atoms with E-state index in [2.05, 4.69) is 22.8 Å². The molecular formula is C31H29N3O6. The number of hydrogen-bond acceptors (Lipinski definition) is 6. The summed E-state index contributed by atoms with van der Waals surface area (Å²) in [6, 6.07) is 17.3. The first kappa shape index (κ1) is 26.6. The number of carboxylic acids is 1. The quantitative estimate of drug-likeness (QED) is 0.351. The third-order valence-electron chi connectivity index (χ3n) is 6.63. The number of carbonyl (C=O) groups is 3. The number of anilines is 3. The lowest BCUT2D eigenvalue weighted by Crippen LogP contribution is -2.33. The smallest absolute Gasteiger partial charge is 0.336 e. The van der Waals surface area contributed by atoms with Crippen LogP contribution in [0.5, 0.6) is 11.5 Å². The van der Waals surface area contributed by atoms with Gasteiger partial charge in [0.15, 0.2) is 11.5 Å². The highest BCUT2D eigenvalue weighted by Crippen LogP contribution is 2.32. The second-order valence-corrected chi connectivity index (χ2v) is 9.39. The van der Waals surface area contributed by atoms with Crippen LogP contribution in [0.3, 0.4) is 0 Å². The Bertz CT molecular complexity index is 1510. The topological polar surface area (TPSA) is 117 Å². The number of hydrogen-bond donors (Lipinski definition) is 3. The van der Waals surface area contributed by atoms with Crippen molar-refractivity contribution in [2.75, 3.05) is 35.3 Å². The van der Waals surface area contributed by atoms with Crippen molar-refractivity contribution in [3.63, 3.8) is 0 Å². The van der Waals surface area contributed by atoms with E-state index in [0.717, 1.165) is 24.2 Å². The van der Waals surface area contributed by atoms with Gasteiger partial charge in [-0.2, -0.15) is 0 Å². The Morgan fingerprint density at radius 2 is 1.70 bits per heavy atom. The van der Waals surface area contributed by atoms with Crippen LogP contribution in [0.2, 0.25) is 0 Å². The molecule has 0 bridgehead atoms. The SMILES string of the molecule is Cc1c(NC(=O)CN(C2=CCCC=C2)c2ccccc2)cc(NC(=O)c2ccc3c(c2)OCCO3)cc1C(=O)O. The van der Waals surface area contributed by atoms with Gasteiger partial charge in [-0.15, -0.1) is 0 Å². The predicted molar refractivity (Wildman–Crippen MR) is 152 cm³/mol. The highest BCUT2D eigenvalue weighted by atomic mass is 16.6. The number of para-hydroxylation sites is 1. The zero-order valence-corrected chi connectivity index (χ0v) is 22.0. The summed E-state index contributed by atoms with van der Waals surface area (Å²) in [7, 11) is 0. The number of allylic oxidation sites excluding steroid dienone is 3. The van der Waals surface area contributed by atoms with Gasteiger partial charge in [-0.1, -0.05) is 30.4 Å². The van der Waals surface area contributed by atoms with Crippen LogP contribution >= 0.6 is 0 Å². The van der Waals surface area contributed by atoms with Gasteiger partial charge in [-0.25, -0.2) is 4.79 Å². The number of rotatable bonds is 8. The van der Waals surface area contributed by atoms with Crippen LogP contribution in [0.25, 0.3) is 0 Å². The molecule has 1 aliphatic carbocycles. The van der Waals surface area contributed by atoms with Crippen LogP contribution in [0.15, 0.2) is 84.6 Å². The summed E-state index contributed by atoms with van der Waals surface area (Å²) in [6.45, 7) is 2.45. The summed E-state index contributed by atoms with van der Waals surface area (Å²) in [5, 5.41) is 15.4. The number of carboxylic acid groups (broad SMARTS) is 1. The summed E-state index contributed by atoms with van der Waals surface area (Å²) in [6.07, 6.45) is 7.97. The zero-order chi connectivity index (χ0) is 28.1. The summed E-state index contributed by atoms with van der Waals surface area (Å²) in [4.78, 5) is 40.2. The van der Waals surface area contributed by atoms with Crippen LogP contribution < -0.4 is 25.0 Å². The molecule has 0 spiro atoms. The molecule has 2 amide bonds. The highest BCUT2D eigenvalue weighted by molar-refractivity contribution is 6.06. The van der Waals surface area contributed by atoms with Crippen molar-refractivity contribution in [2.24, 2.45) is 0 Å². The molecule has 5 rings (SSSR count). The van der Waals surface area contributed by atoms with E-state index in [0.29, 0.717) is 41.5 Å². The predicted octanol–water partition coefficient (Wildman–Crippen LogP) is 5.40. The van der Waals surface area contributed by atoms with Gasteiger partial charge in [0.1, 0.15) is 19.8 Å². The second-order valence-electron chi connectivity index (χ2n) is 9.39. The van der Waals surface area contributed by atoms with Crippen molar-refractivity contribution in [2.45, 2.75) is 19.8 Å². The third-order valence-corrected chi connectivity index (χ3v) is 6.63. The Morgan fingerprint density at radius 3 is 2.42 bits per heavy atom. The molecule has 9 nitrogen and oxygen atoms in total. The minimum absolute atomic E-state index is 0.00974. The van der Waals surface area contributed by atoms with E-state index >= 15 is 0 Å². The third kappa shape index (κ3) is 5.99. The van der Waals surface area contributed by atoms with E-state index < -0.39 is 11.9 Å². The molecule has 204 valence electrons. The van der Waals surface area contributed by atoms with Crippen LogP contribution in [0.1, 0.15) is 39.1 Å². The van der Waals surface area contributed by atoms with Crippen molar-refractivity contribution in [3.05, 3.63) is 101 Å². The second kappa shape index (κ2) is 11.8. The molecule has 0 aromatic heterocycles. The Balaban J connectivity index is 1.38. The number of fused-ring (bicyclic) bond motifs is 1. The molecule has 0 atom stereocenters. The van der Waals surface area contributed by atoms with Crippen LogP contribution in [0.4, 0.5) is 17.1 Å². The Hall–Kier alpha value is -5.05. The molecule has 0 saturated carbocycles. The van der Waals surface area contributed by atoms with Crippen LogP contribution in [0, 0.1) is 6.92 Å². The first-order valence-electron chi connectivity index (χ1n) is 13.0. The molecule has 2 aliphatic rings. The molecule has 1 heterocycles. The van der Waals surface area contributed by atoms with Crippen molar-refractivity contribution in [3.8, 4) is 11.5 Å². The minimum Gasteiger partial charge on any atom is -0.486 e. The number of nitrogens with zero attached hydrogens (tertiary/aromatic N) is 1. The number of ether oxygens (including phenoxy) is 2. The molecule has 40 heavy (non-hydrogen) atoms. The summed E-state index contributed by atoms with van der Waals surface area (Å²) >= 11 is 0. The molecule has 3 aromatic rings. The van der Waals surface area contributed by atoms with Crippen molar-refractivity contribution < 1.29 is 29.0 Å². The zero-order valence-electron chi connectivity index (χ0n) is 22.0. The van der Waals surface area contributed by atoms with Gasteiger partial charge in [-0.3, -0.25) is 9.59 Å².